The molecular weight excluding hydrogens is 296 g/mol. The molecule has 2 saturated heterocycles. The molecule has 0 aromatic carbocycles. The van der Waals surface area contributed by atoms with Crippen LogP contribution in [0.3, 0.4) is 0 Å². The number of ether oxygens (including phenoxy) is 1. The van der Waals surface area contributed by atoms with E-state index in [1.807, 2.05) is 17.0 Å². The number of carbonyl (C=O) groups excluding carboxylic acids is 2. The third kappa shape index (κ3) is 3.79. The van der Waals surface area contributed by atoms with Gasteiger partial charge in [-0.1, -0.05) is 6.07 Å². The molecule has 0 spiro atoms. The summed E-state index contributed by atoms with van der Waals surface area (Å²) >= 11 is 0. The number of rotatable bonds is 4. The van der Waals surface area contributed by atoms with Gasteiger partial charge in [-0.05, 0) is 24.5 Å². The van der Waals surface area contributed by atoms with Crippen LogP contribution in [0.2, 0.25) is 0 Å². The Labute approximate surface area is 135 Å². The lowest BCUT2D eigenvalue weighted by Gasteiger charge is -2.33. The molecule has 0 unspecified atom stereocenters. The van der Waals surface area contributed by atoms with Gasteiger partial charge >= 0.3 is 6.03 Å². The van der Waals surface area contributed by atoms with Crippen molar-refractivity contribution in [2.75, 3.05) is 26.7 Å². The standard InChI is InChI=1S/C16H22N4O3/c1-19-10-14(18-16(19)22)15(21)20-7-4-13(5-8-20)23-11-12-3-2-6-17-9-12/h2-3,6,9,13-14H,4-5,7-8,10-11H2,1H3,(H,18,22)/t14-/m1/s1. The van der Waals surface area contributed by atoms with Gasteiger partial charge in [0, 0.05) is 32.5 Å². The zero-order valence-corrected chi connectivity index (χ0v) is 13.3. The van der Waals surface area contributed by atoms with E-state index in [-0.39, 0.29) is 18.0 Å². The lowest BCUT2D eigenvalue weighted by molar-refractivity contribution is -0.135. The van der Waals surface area contributed by atoms with Crippen LogP contribution >= 0.6 is 0 Å². The summed E-state index contributed by atoms with van der Waals surface area (Å²) in [5.74, 6) is 0.00779. The number of aromatic nitrogens is 1. The zero-order chi connectivity index (χ0) is 16.2. The maximum atomic E-state index is 12.4. The third-order valence-electron chi connectivity index (χ3n) is 4.36. The molecule has 3 rings (SSSR count). The fourth-order valence-electron chi connectivity index (χ4n) is 2.96. The maximum absolute atomic E-state index is 12.4. The summed E-state index contributed by atoms with van der Waals surface area (Å²) in [6, 6.07) is 3.29. The molecule has 7 heteroatoms. The molecule has 23 heavy (non-hydrogen) atoms. The first-order valence-corrected chi connectivity index (χ1v) is 7.94. The molecule has 1 aromatic heterocycles. The molecule has 1 N–H and O–H groups in total. The zero-order valence-electron chi connectivity index (χ0n) is 13.3. The molecule has 3 heterocycles. The van der Waals surface area contributed by atoms with Crippen LogP contribution in [0, 0.1) is 0 Å². The van der Waals surface area contributed by atoms with E-state index in [0.717, 1.165) is 18.4 Å². The summed E-state index contributed by atoms with van der Waals surface area (Å²) in [5.41, 5.74) is 1.06. The van der Waals surface area contributed by atoms with Crippen LogP contribution in [-0.4, -0.2) is 65.5 Å². The molecule has 2 aliphatic rings. The highest BCUT2D eigenvalue weighted by atomic mass is 16.5. The number of amides is 3. The fourth-order valence-corrected chi connectivity index (χ4v) is 2.96. The summed E-state index contributed by atoms with van der Waals surface area (Å²) in [5, 5.41) is 2.72. The molecule has 2 aliphatic heterocycles. The van der Waals surface area contributed by atoms with Crippen molar-refractivity contribution in [2.45, 2.75) is 31.6 Å². The highest BCUT2D eigenvalue weighted by Gasteiger charge is 2.35. The number of nitrogens with zero attached hydrogens (tertiary/aromatic N) is 3. The van der Waals surface area contributed by atoms with Crippen LogP contribution in [0.4, 0.5) is 4.79 Å². The Hall–Kier alpha value is -2.15. The molecule has 2 fully saturated rings. The lowest BCUT2D eigenvalue weighted by Crippen LogP contribution is -2.49. The van der Waals surface area contributed by atoms with Crippen LogP contribution in [0.15, 0.2) is 24.5 Å². The van der Waals surface area contributed by atoms with E-state index in [4.69, 9.17) is 4.74 Å². The minimum absolute atomic E-state index is 0.00779. The van der Waals surface area contributed by atoms with Gasteiger partial charge in [0.05, 0.1) is 19.3 Å². The maximum Gasteiger partial charge on any atom is 0.317 e. The van der Waals surface area contributed by atoms with Crippen molar-refractivity contribution in [1.82, 2.24) is 20.1 Å². The van der Waals surface area contributed by atoms with Crippen molar-refractivity contribution in [2.24, 2.45) is 0 Å². The Morgan fingerprint density at radius 2 is 2.22 bits per heavy atom. The Bertz CT molecular complexity index is 558. The van der Waals surface area contributed by atoms with Crippen LogP contribution < -0.4 is 5.32 Å². The van der Waals surface area contributed by atoms with E-state index in [0.29, 0.717) is 26.2 Å². The minimum Gasteiger partial charge on any atom is -0.373 e. The van der Waals surface area contributed by atoms with E-state index in [9.17, 15) is 9.59 Å². The topological polar surface area (TPSA) is 74.8 Å². The number of nitrogens with one attached hydrogen (secondary N) is 1. The number of piperidine rings is 1. The molecule has 0 bridgehead atoms. The summed E-state index contributed by atoms with van der Waals surface area (Å²) < 4.78 is 5.90. The quantitative estimate of drug-likeness (QED) is 0.883. The number of likely N-dealkylation sites (N-methyl/N-ethyl adjacent to an activating group) is 1. The Morgan fingerprint density at radius 1 is 1.43 bits per heavy atom. The molecule has 3 amide bonds. The van der Waals surface area contributed by atoms with Crippen molar-refractivity contribution >= 4 is 11.9 Å². The van der Waals surface area contributed by atoms with Gasteiger partial charge in [-0.2, -0.15) is 0 Å². The van der Waals surface area contributed by atoms with E-state index in [2.05, 4.69) is 10.3 Å². The van der Waals surface area contributed by atoms with Gasteiger partial charge in [-0.15, -0.1) is 0 Å². The molecule has 1 aromatic rings. The highest BCUT2D eigenvalue weighted by Crippen LogP contribution is 2.17. The SMILES string of the molecule is CN1C[C@H](C(=O)N2CCC(OCc3cccnc3)CC2)NC1=O. The van der Waals surface area contributed by atoms with Crippen molar-refractivity contribution < 1.29 is 14.3 Å². The van der Waals surface area contributed by atoms with Crippen molar-refractivity contribution in [1.29, 1.82) is 0 Å². The van der Waals surface area contributed by atoms with Gasteiger partial charge in [-0.25, -0.2) is 4.79 Å². The number of urea groups is 1. The first-order valence-electron chi connectivity index (χ1n) is 7.94. The number of hydrogen-bond donors (Lipinski definition) is 1. The van der Waals surface area contributed by atoms with Crippen LogP contribution in [0.25, 0.3) is 0 Å². The number of likely N-dealkylation sites (tertiary alicyclic amines) is 1. The Balaban J connectivity index is 1.43. The minimum atomic E-state index is -0.416. The fraction of sp³-hybridized carbons (Fsp3) is 0.562. The average molecular weight is 318 g/mol. The highest BCUT2D eigenvalue weighted by molar-refractivity contribution is 5.90. The predicted molar refractivity (Wildman–Crippen MR) is 83.6 cm³/mol. The number of hydrogen-bond acceptors (Lipinski definition) is 4. The van der Waals surface area contributed by atoms with E-state index >= 15 is 0 Å². The summed E-state index contributed by atoms with van der Waals surface area (Å²) in [6.07, 6.45) is 5.36. The van der Waals surface area contributed by atoms with Gasteiger partial charge in [-0.3, -0.25) is 9.78 Å². The Morgan fingerprint density at radius 3 is 2.83 bits per heavy atom. The molecule has 7 nitrogen and oxygen atoms in total. The first-order chi connectivity index (χ1) is 11.1. The van der Waals surface area contributed by atoms with Crippen molar-refractivity contribution in [3.63, 3.8) is 0 Å². The van der Waals surface area contributed by atoms with Gasteiger partial charge in [0.2, 0.25) is 5.91 Å². The van der Waals surface area contributed by atoms with Gasteiger partial charge in [0.1, 0.15) is 6.04 Å². The predicted octanol–water partition coefficient (Wildman–Crippen LogP) is 0.613. The normalized spacial score (nSPS) is 22.3. The third-order valence-corrected chi connectivity index (χ3v) is 4.36. The molecule has 0 radical (unpaired) electrons. The van der Waals surface area contributed by atoms with Crippen molar-refractivity contribution in [3.8, 4) is 0 Å². The smallest absolute Gasteiger partial charge is 0.317 e. The number of carbonyl (C=O) groups is 2. The van der Waals surface area contributed by atoms with Crippen LogP contribution in [-0.2, 0) is 16.1 Å². The second-order valence-electron chi connectivity index (χ2n) is 6.08. The second kappa shape index (κ2) is 6.95. The molecule has 124 valence electrons. The van der Waals surface area contributed by atoms with Gasteiger partial charge in [0.15, 0.2) is 0 Å². The number of pyridine rings is 1. The van der Waals surface area contributed by atoms with Gasteiger partial charge < -0.3 is 19.9 Å². The largest absolute Gasteiger partial charge is 0.373 e. The lowest BCUT2D eigenvalue weighted by atomic mass is 10.1. The molecule has 1 atom stereocenters. The van der Waals surface area contributed by atoms with Crippen LogP contribution in [0.1, 0.15) is 18.4 Å². The monoisotopic (exact) mass is 318 g/mol. The van der Waals surface area contributed by atoms with E-state index in [1.165, 1.54) is 4.90 Å². The molecular formula is C16H22N4O3. The molecule has 0 saturated carbocycles. The second-order valence-corrected chi connectivity index (χ2v) is 6.08. The summed E-state index contributed by atoms with van der Waals surface area (Å²) in [7, 11) is 1.70. The Kier molecular flexibility index (Phi) is 4.76. The molecule has 0 aliphatic carbocycles. The summed E-state index contributed by atoms with van der Waals surface area (Å²) in [4.78, 5) is 31.3. The van der Waals surface area contributed by atoms with E-state index in [1.54, 1.807) is 19.4 Å². The van der Waals surface area contributed by atoms with Crippen LogP contribution in [0.5, 0.6) is 0 Å². The van der Waals surface area contributed by atoms with E-state index < -0.39 is 6.04 Å². The summed E-state index contributed by atoms with van der Waals surface area (Å²) in [6.45, 7) is 2.34. The van der Waals surface area contributed by atoms with Gasteiger partial charge in [0.25, 0.3) is 0 Å². The van der Waals surface area contributed by atoms with Crippen molar-refractivity contribution in [3.05, 3.63) is 30.1 Å². The average Bonchev–Trinajstić information content (AvgIpc) is 2.93. The first kappa shape index (κ1) is 15.7.